The number of nitrogens with zero attached hydrogens (tertiary/aromatic N) is 8. The SMILES string of the molecule is CCCCOC(=O)c1sc2nc(F)ccc2c1N.N#Cc1ccc(Cl)nc1Cl.N#Cc1ccc(F)nc1F.N#Cc1ccc(F)nc1SCC(=O)OCc1ccccc1.Nc1c(C(=O)O)sc2nc(F)ccc12.O=C(CS)OCc1ccccc1. The number of carboxylic acids is 1. The van der Waals surface area contributed by atoms with E-state index in [2.05, 4.69) is 37.5 Å². The number of aromatic carboxylic acids is 1. The number of hydrogen-bond donors (Lipinski definition) is 4. The Morgan fingerprint density at radius 1 is 0.612 bits per heavy atom. The van der Waals surface area contributed by atoms with E-state index in [9.17, 15) is 41.1 Å². The van der Waals surface area contributed by atoms with E-state index < -0.39 is 47.6 Å². The van der Waals surface area contributed by atoms with Gasteiger partial charge in [-0.25, -0.2) is 29.5 Å². The average Bonchev–Trinajstić information content (AvgIpc) is 3.11. The van der Waals surface area contributed by atoms with Gasteiger partial charge in [0, 0.05) is 10.8 Å². The first-order valence-electron chi connectivity index (χ1n) is 23.9. The molecule has 0 atom stereocenters. The number of thiol groups is 1. The van der Waals surface area contributed by atoms with Gasteiger partial charge in [-0.1, -0.05) is 109 Å². The van der Waals surface area contributed by atoms with E-state index in [1.54, 1.807) is 0 Å². The molecule has 18 nitrogen and oxygen atoms in total. The van der Waals surface area contributed by atoms with Crippen molar-refractivity contribution in [2.45, 2.75) is 38.0 Å². The summed E-state index contributed by atoms with van der Waals surface area (Å²) in [5, 5.41) is 35.9. The molecule has 0 amide bonds. The Bertz CT molecular complexity index is 3810. The van der Waals surface area contributed by atoms with E-state index in [0.29, 0.717) is 54.9 Å². The van der Waals surface area contributed by atoms with Gasteiger partial charge in [-0.05, 0) is 78.2 Å². The van der Waals surface area contributed by atoms with Crippen LogP contribution >= 0.6 is 70.3 Å². The number of ether oxygens (including phenoxy) is 3. The number of esters is 3. The van der Waals surface area contributed by atoms with E-state index in [4.69, 9.17) is 69.8 Å². The molecule has 85 heavy (non-hydrogen) atoms. The lowest BCUT2D eigenvalue weighted by molar-refractivity contribution is -0.142. The smallest absolute Gasteiger partial charge is 0.350 e. The third-order valence-electron chi connectivity index (χ3n) is 9.99. The number of benzene rings is 2. The Hall–Kier alpha value is -9.01. The van der Waals surface area contributed by atoms with Crippen LogP contribution in [0.3, 0.4) is 0 Å². The molecular weight excluding hydrogens is 1230 g/mol. The Labute approximate surface area is 508 Å². The molecule has 0 saturated heterocycles. The lowest BCUT2D eigenvalue weighted by Crippen LogP contribution is -2.07. The second kappa shape index (κ2) is 35.9. The number of aromatic nitrogens is 5. The zero-order chi connectivity index (χ0) is 62.4. The second-order valence-electron chi connectivity index (χ2n) is 16.0. The van der Waals surface area contributed by atoms with Gasteiger partial charge >= 0.3 is 23.9 Å². The summed E-state index contributed by atoms with van der Waals surface area (Å²) in [6.07, 6.45) is 1.76. The number of fused-ring (bicyclic) bond motifs is 2. The molecular formula is C56H43Cl2F5N10O8S4. The molecule has 0 radical (unpaired) electrons. The number of hydrogen-bond acceptors (Lipinski definition) is 21. The molecule has 0 saturated carbocycles. The summed E-state index contributed by atoms with van der Waals surface area (Å²) in [7, 11) is 0. The molecule has 7 aromatic heterocycles. The molecule has 9 rings (SSSR count). The predicted octanol–water partition coefficient (Wildman–Crippen LogP) is 12.8. The number of nitriles is 3. The molecule has 438 valence electrons. The van der Waals surface area contributed by atoms with E-state index in [-0.39, 0.29) is 56.0 Å². The van der Waals surface area contributed by atoms with Crippen molar-refractivity contribution in [3.05, 3.63) is 199 Å². The zero-order valence-electron chi connectivity index (χ0n) is 43.9. The van der Waals surface area contributed by atoms with Crippen molar-refractivity contribution in [2.75, 3.05) is 29.6 Å². The molecule has 0 spiro atoms. The topological polar surface area (TPSA) is 304 Å². The van der Waals surface area contributed by atoms with Crippen molar-refractivity contribution in [2.24, 2.45) is 0 Å². The highest BCUT2D eigenvalue weighted by Gasteiger charge is 2.19. The van der Waals surface area contributed by atoms with Gasteiger partial charge in [0.05, 0.1) is 40.6 Å². The minimum Gasteiger partial charge on any atom is -0.477 e. The predicted molar refractivity (Wildman–Crippen MR) is 314 cm³/mol. The fraction of sp³-hybridized carbons (Fsp3) is 0.143. The Morgan fingerprint density at radius 3 is 1.58 bits per heavy atom. The van der Waals surface area contributed by atoms with Gasteiger partial charge in [0.15, 0.2) is 0 Å². The number of thioether (sulfide) groups is 1. The molecule has 0 bridgehead atoms. The normalized spacial score (nSPS) is 9.91. The van der Waals surface area contributed by atoms with Crippen molar-refractivity contribution >= 4 is 126 Å². The van der Waals surface area contributed by atoms with E-state index in [1.165, 1.54) is 42.5 Å². The van der Waals surface area contributed by atoms with E-state index >= 15 is 0 Å². The number of halogens is 7. The van der Waals surface area contributed by atoms with Crippen LogP contribution in [0.25, 0.3) is 20.4 Å². The summed E-state index contributed by atoms with van der Waals surface area (Å²) in [6, 6.07) is 36.9. The number of rotatable bonds is 13. The number of pyridine rings is 5. The number of carbonyl (C=O) groups excluding carboxylic acids is 3. The largest absolute Gasteiger partial charge is 0.477 e. The number of anilines is 2. The van der Waals surface area contributed by atoms with Crippen LogP contribution in [0.5, 0.6) is 0 Å². The summed E-state index contributed by atoms with van der Waals surface area (Å²) < 4.78 is 78.0. The number of carbonyl (C=O) groups is 4. The van der Waals surface area contributed by atoms with Gasteiger partial charge < -0.3 is 30.8 Å². The maximum atomic E-state index is 13.0. The summed E-state index contributed by atoms with van der Waals surface area (Å²) in [4.78, 5) is 63.1. The summed E-state index contributed by atoms with van der Waals surface area (Å²) in [5.74, 6) is -6.13. The van der Waals surface area contributed by atoms with Gasteiger partial charge in [0.1, 0.15) is 71.7 Å². The monoisotopic (exact) mass is 1280 g/mol. The Morgan fingerprint density at radius 2 is 1.08 bits per heavy atom. The number of nitrogen functional groups attached to an aromatic ring is 2. The van der Waals surface area contributed by atoms with E-state index in [0.717, 1.165) is 82.7 Å². The van der Waals surface area contributed by atoms with Crippen molar-refractivity contribution in [3.63, 3.8) is 0 Å². The van der Waals surface area contributed by atoms with Gasteiger partial charge in [-0.15, -0.1) is 22.7 Å². The molecule has 5 N–H and O–H groups in total. The summed E-state index contributed by atoms with van der Waals surface area (Å²) in [5.41, 5.74) is 14.1. The highest BCUT2D eigenvalue weighted by molar-refractivity contribution is 7.99. The van der Waals surface area contributed by atoms with Crippen LogP contribution in [0.1, 0.15) is 66.9 Å². The van der Waals surface area contributed by atoms with Crippen LogP contribution in [-0.4, -0.2) is 72.0 Å². The van der Waals surface area contributed by atoms with Crippen LogP contribution in [0.15, 0.2) is 126 Å². The molecule has 9 aromatic rings. The maximum Gasteiger partial charge on any atom is 0.350 e. The van der Waals surface area contributed by atoms with Gasteiger partial charge in [-0.3, -0.25) is 9.59 Å². The first kappa shape index (κ1) is 68.5. The molecule has 0 aliphatic heterocycles. The van der Waals surface area contributed by atoms with Crippen molar-refractivity contribution in [3.8, 4) is 18.2 Å². The highest BCUT2D eigenvalue weighted by Crippen LogP contribution is 2.34. The third kappa shape index (κ3) is 22.9. The van der Waals surface area contributed by atoms with Crippen LogP contribution in [0.2, 0.25) is 10.3 Å². The number of nitrogens with two attached hydrogens (primary N) is 2. The second-order valence-corrected chi connectivity index (χ2v) is 20.0. The quantitative estimate of drug-likeness (QED) is 0.0159. The van der Waals surface area contributed by atoms with Crippen LogP contribution in [-0.2, 0) is 37.0 Å². The maximum absolute atomic E-state index is 13.0. The number of carboxylic acid groups (broad SMARTS) is 1. The first-order valence-corrected chi connectivity index (χ1v) is 28.0. The molecule has 0 fully saturated rings. The Kier molecular flexibility index (Phi) is 28.9. The van der Waals surface area contributed by atoms with Crippen LogP contribution in [0, 0.1) is 63.7 Å². The molecule has 0 aliphatic rings. The van der Waals surface area contributed by atoms with Crippen molar-refractivity contribution in [1.29, 1.82) is 15.8 Å². The summed E-state index contributed by atoms with van der Waals surface area (Å²) in [6.45, 7) is 2.89. The molecule has 29 heteroatoms. The Balaban J connectivity index is 0.000000223. The van der Waals surface area contributed by atoms with Crippen molar-refractivity contribution < 1.29 is 60.4 Å². The van der Waals surface area contributed by atoms with Crippen molar-refractivity contribution in [1.82, 2.24) is 24.9 Å². The fourth-order valence-electron chi connectivity index (χ4n) is 5.93. The molecule has 0 unspecified atom stereocenters. The zero-order valence-corrected chi connectivity index (χ0v) is 48.7. The third-order valence-corrected chi connectivity index (χ3v) is 13.9. The van der Waals surface area contributed by atoms with Crippen LogP contribution < -0.4 is 11.5 Å². The minimum absolute atomic E-state index is 0.00176. The molecule has 7 heterocycles. The highest BCUT2D eigenvalue weighted by atomic mass is 35.5. The van der Waals surface area contributed by atoms with Gasteiger partial charge in [-0.2, -0.15) is 55.4 Å². The summed E-state index contributed by atoms with van der Waals surface area (Å²) >= 11 is 17.7. The van der Waals surface area contributed by atoms with E-state index in [1.807, 2.05) is 79.7 Å². The lowest BCUT2D eigenvalue weighted by Gasteiger charge is -2.05. The number of unbranched alkanes of at least 4 members (excludes halogenated alkanes) is 1. The van der Waals surface area contributed by atoms with Gasteiger partial charge in [0.25, 0.3) is 0 Å². The minimum atomic E-state index is -1.12. The van der Waals surface area contributed by atoms with Gasteiger partial charge in [0.2, 0.25) is 29.7 Å². The molecule has 0 aliphatic carbocycles. The first-order chi connectivity index (χ1) is 40.7. The fourth-order valence-corrected chi connectivity index (χ4v) is 9.06. The van der Waals surface area contributed by atoms with Crippen LogP contribution in [0.4, 0.5) is 33.3 Å². The average molecular weight is 1280 g/mol. The lowest BCUT2D eigenvalue weighted by atomic mass is 10.2. The molecule has 2 aromatic carbocycles. The number of thiophene rings is 2. The standard InChI is InChI=1S/C15H11FN2O2S.C12H13FN2O2S.C9H10O2S.C8H5FN2O2S.C6H2Cl2N2.C6H2F2N2/c16-13-7-6-12(8-17)15(18-13)21-10-14(19)20-9-11-4-2-1-3-5-11;1-2-3-6-17-12(16)10-9(14)7-4-5-8(13)15-11(7)18-10;10-9(7-12)11-6-8-4-2-1-3-5-8;9-4-2-1-3-5(10)6(8(12)13)14-7(3)11-4;2*7-5-2-1-4(3-9)6(8)10-5/h1-7H,9-10H2;4-5H,2-3,6,14H2,1H3;1-5,12H,6-7H2;1-2H,10H2,(H,12,13);2*1-2H.